The quantitative estimate of drug-likeness (QED) is 0.579. The zero-order valence-electron chi connectivity index (χ0n) is 16.0. The van der Waals surface area contributed by atoms with Crippen molar-refractivity contribution in [3.63, 3.8) is 0 Å². The zero-order chi connectivity index (χ0) is 19.9. The van der Waals surface area contributed by atoms with Gasteiger partial charge in [-0.3, -0.25) is 0 Å². The number of hydrogen-bond donors (Lipinski definition) is 3. The van der Waals surface area contributed by atoms with Gasteiger partial charge in [0.25, 0.3) is 0 Å². The first-order valence-corrected chi connectivity index (χ1v) is 8.73. The molecule has 1 aromatic rings. The summed E-state index contributed by atoms with van der Waals surface area (Å²) in [6.45, 7) is 7.27. The van der Waals surface area contributed by atoms with Gasteiger partial charge in [-0.1, -0.05) is 32.1 Å². The average Bonchev–Trinajstić information content (AvgIpc) is 2.62. The summed E-state index contributed by atoms with van der Waals surface area (Å²) < 4.78 is 10.1. The minimum Gasteiger partial charge on any atom is -0.496 e. The Hall–Kier alpha value is -1.89. The molecule has 0 aliphatic heterocycles. The van der Waals surface area contributed by atoms with Crippen LogP contribution < -0.4 is 10.4 Å². The number of ether oxygens (including phenoxy) is 1. The van der Waals surface area contributed by atoms with Crippen LogP contribution in [-0.4, -0.2) is 40.7 Å². The molecule has 0 saturated heterocycles. The number of aliphatic hydroxyl groups excluding tert-OH is 3. The maximum atomic E-state index is 11.5. The van der Waals surface area contributed by atoms with E-state index in [0.717, 1.165) is 5.57 Å². The van der Waals surface area contributed by atoms with Gasteiger partial charge in [0.1, 0.15) is 11.5 Å². The lowest BCUT2D eigenvalue weighted by atomic mass is 9.92. The predicted molar refractivity (Wildman–Crippen MR) is 100 cm³/mol. The second kappa shape index (κ2) is 10.3. The van der Waals surface area contributed by atoms with Crippen LogP contribution in [0.15, 0.2) is 45.1 Å². The molecule has 0 unspecified atom stereocenters. The molecule has 0 bridgehead atoms. The van der Waals surface area contributed by atoms with Crippen molar-refractivity contribution >= 4 is 0 Å². The third-order valence-corrected chi connectivity index (χ3v) is 4.62. The first-order chi connectivity index (χ1) is 12.2. The van der Waals surface area contributed by atoms with Gasteiger partial charge in [0.2, 0.25) is 0 Å². The van der Waals surface area contributed by atoms with Crippen LogP contribution in [0.3, 0.4) is 0 Å². The van der Waals surface area contributed by atoms with E-state index >= 15 is 0 Å². The Kier molecular flexibility index (Phi) is 8.78. The van der Waals surface area contributed by atoms with Crippen LogP contribution in [0.5, 0.6) is 5.75 Å². The summed E-state index contributed by atoms with van der Waals surface area (Å²) in [6.07, 6.45) is 2.80. The van der Waals surface area contributed by atoms with Gasteiger partial charge in [-0.05, 0) is 19.4 Å². The van der Waals surface area contributed by atoms with Gasteiger partial charge in [0, 0.05) is 24.3 Å². The van der Waals surface area contributed by atoms with Crippen LogP contribution in [0, 0.1) is 11.8 Å². The minimum absolute atomic E-state index is 0.0777. The molecule has 5 atom stereocenters. The van der Waals surface area contributed by atoms with Crippen molar-refractivity contribution in [2.45, 2.75) is 52.4 Å². The van der Waals surface area contributed by atoms with Crippen molar-refractivity contribution in [3.05, 3.63) is 52.1 Å². The lowest BCUT2D eigenvalue weighted by molar-refractivity contribution is 0.0416. The fourth-order valence-corrected chi connectivity index (χ4v) is 2.50. The second-order valence-corrected chi connectivity index (χ2v) is 6.63. The van der Waals surface area contributed by atoms with E-state index in [2.05, 4.69) is 0 Å². The lowest BCUT2D eigenvalue weighted by Gasteiger charge is -2.22. The molecule has 0 fully saturated rings. The molecule has 0 saturated carbocycles. The van der Waals surface area contributed by atoms with E-state index in [1.165, 1.54) is 19.2 Å². The average molecular weight is 366 g/mol. The van der Waals surface area contributed by atoms with Crippen LogP contribution in [0.4, 0.5) is 0 Å². The van der Waals surface area contributed by atoms with E-state index in [0.29, 0.717) is 5.75 Å². The van der Waals surface area contributed by atoms with Crippen LogP contribution >= 0.6 is 0 Å². The molecule has 0 spiro atoms. The normalized spacial score (nSPS) is 18.4. The second-order valence-electron chi connectivity index (χ2n) is 6.63. The molecular weight excluding hydrogens is 336 g/mol. The topological polar surface area (TPSA) is 100 Å². The molecule has 146 valence electrons. The smallest absolute Gasteiger partial charge is 0.339 e. The lowest BCUT2D eigenvalue weighted by Crippen LogP contribution is -2.30. The Morgan fingerprint density at radius 1 is 1.23 bits per heavy atom. The van der Waals surface area contributed by atoms with Crippen molar-refractivity contribution in [2.24, 2.45) is 11.8 Å². The van der Waals surface area contributed by atoms with Gasteiger partial charge in [-0.15, -0.1) is 0 Å². The van der Waals surface area contributed by atoms with Gasteiger partial charge in [-0.25, -0.2) is 4.79 Å². The highest BCUT2D eigenvalue weighted by Gasteiger charge is 2.23. The summed E-state index contributed by atoms with van der Waals surface area (Å²) in [5.41, 5.74) is 0.305. The Morgan fingerprint density at radius 2 is 1.88 bits per heavy atom. The van der Waals surface area contributed by atoms with Gasteiger partial charge < -0.3 is 24.5 Å². The fourth-order valence-electron chi connectivity index (χ4n) is 2.50. The van der Waals surface area contributed by atoms with Crippen molar-refractivity contribution in [3.8, 4) is 5.75 Å². The molecular formula is C20H30O6. The fraction of sp³-hybridized carbons (Fsp3) is 0.550. The molecule has 6 heteroatoms. The molecule has 1 rings (SSSR count). The number of rotatable bonds is 9. The van der Waals surface area contributed by atoms with Gasteiger partial charge >= 0.3 is 5.63 Å². The maximum absolute atomic E-state index is 11.5. The molecule has 6 nitrogen and oxygen atoms in total. The molecule has 0 aliphatic rings. The number of methoxy groups -OCH3 is 1. The molecule has 0 amide bonds. The van der Waals surface area contributed by atoms with E-state index in [4.69, 9.17) is 9.15 Å². The molecule has 1 aromatic heterocycles. The zero-order valence-corrected chi connectivity index (χ0v) is 16.0. The monoisotopic (exact) mass is 366 g/mol. The maximum Gasteiger partial charge on any atom is 0.339 e. The summed E-state index contributed by atoms with van der Waals surface area (Å²) in [5, 5.41) is 30.7. The highest BCUT2D eigenvalue weighted by Crippen LogP contribution is 2.19. The largest absolute Gasteiger partial charge is 0.496 e. The highest BCUT2D eigenvalue weighted by molar-refractivity contribution is 5.20. The standard InChI is InChI=1S/C20H30O6/c1-6-12(2)20(24)13(3)7-8-17(21)14(4)18(22)10-16-9-15(25-5)11-19(23)26-16/h6-9,11,13-14,17-18,20-22,24H,10H2,1-5H3/b8-7+,12-6+/t13-,14+,17+,18+,20+/m0/s1. The van der Waals surface area contributed by atoms with Crippen molar-refractivity contribution in [1.82, 2.24) is 0 Å². The first-order valence-electron chi connectivity index (χ1n) is 8.73. The summed E-state index contributed by atoms with van der Waals surface area (Å²) in [4.78, 5) is 11.5. The van der Waals surface area contributed by atoms with Crippen LogP contribution in [0.2, 0.25) is 0 Å². The third kappa shape index (κ3) is 6.44. The molecule has 1 heterocycles. The van der Waals surface area contributed by atoms with Crippen LogP contribution in [-0.2, 0) is 6.42 Å². The van der Waals surface area contributed by atoms with E-state index in [1.54, 1.807) is 19.1 Å². The number of aliphatic hydroxyl groups is 3. The first kappa shape index (κ1) is 22.2. The molecule has 0 radical (unpaired) electrons. The molecule has 3 N–H and O–H groups in total. The Labute approximate surface area is 154 Å². The summed E-state index contributed by atoms with van der Waals surface area (Å²) >= 11 is 0. The molecule has 0 aromatic carbocycles. The van der Waals surface area contributed by atoms with E-state index < -0.39 is 29.9 Å². The summed E-state index contributed by atoms with van der Waals surface area (Å²) in [6, 6.07) is 2.76. The van der Waals surface area contributed by atoms with Crippen LogP contribution in [0.25, 0.3) is 0 Å². The Morgan fingerprint density at radius 3 is 2.46 bits per heavy atom. The van der Waals surface area contributed by atoms with Crippen molar-refractivity contribution < 1.29 is 24.5 Å². The highest BCUT2D eigenvalue weighted by atomic mass is 16.5. The Balaban J connectivity index is 2.72. The third-order valence-electron chi connectivity index (χ3n) is 4.62. The predicted octanol–water partition coefficient (Wildman–Crippen LogP) is 2.07. The van der Waals surface area contributed by atoms with E-state index in [-0.39, 0.29) is 18.1 Å². The Bertz CT molecular complexity index is 675. The van der Waals surface area contributed by atoms with Gasteiger partial charge in [0.15, 0.2) is 0 Å². The van der Waals surface area contributed by atoms with Crippen molar-refractivity contribution in [2.75, 3.05) is 7.11 Å². The summed E-state index contributed by atoms with van der Waals surface area (Å²) in [7, 11) is 1.44. The van der Waals surface area contributed by atoms with E-state index in [1.807, 2.05) is 26.8 Å². The SMILES string of the molecule is C/C=C(\C)[C@@H](O)[C@@H](C)/C=C/[C@@H](O)[C@@H](C)[C@H](O)Cc1cc(OC)cc(=O)o1. The van der Waals surface area contributed by atoms with Gasteiger partial charge in [-0.2, -0.15) is 0 Å². The van der Waals surface area contributed by atoms with Gasteiger partial charge in [0.05, 0.1) is 31.5 Å². The number of allylic oxidation sites excluding steroid dienone is 1. The molecule has 26 heavy (non-hydrogen) atoms. The summed E-state index contributed by atoms with van der Waals surface area (Å²) in [5.74, 6) is -0.00686. The minimum atomic E-state index is -0.914. The molecule has 0 aliphatic carbocycles. The number of hydrogen-bond acceptors (Lipinski definition) is 6. The van der Waals surface area contributed by atoms with E-state index in [9.17, 15) is 20.1 Å². The van der Waals surface area contributed by atoms with Crippen molar-refractivity contribution in [1.29, 1.82) is 0 Å². The van der Waals surface area contributed by atoms with Crippen LogP contribution in [0.1, 0.15) is 33.5 Å².